The summed E-state index contributed by atoms with van der Waals surface area (Å²) >= 11 is 5.72. The molecule has 1 heterocycles. The molecule has 1 aromatic heterocycles. The first kappa shape index (κ1) is 18.5. The van der Waals surface area contributed by atoms with Crippen molar-refractivity contribution >= 4 is 17.3 Å². The van der Waals surface area contributed by atoms with Gasteiger partial charge in [0.25, 0.3) is 0 Å². The molecule has 2 bridgehead atoms. The van der Waals surface area contributed by atoms with Crippen LogP contribution in [0, 0.1) is 32.6 Å². The molecule has 0 saturated heterocycles. The van der Waals surface area contributed by atoms with Crippen molar-refractivity contribution in [1.82, 2.24) is 20.0 Å². The maximum Gasteiger partial charge on any atom is 0.169 e. The van der Waals surface area contributed by atoms with Crippen LogP contribution >= 0.6 is 12.2 Å². The third-order valence-corrected chi connectivity index (χ3v) is 7.00. The molecule has 5 heteroatoms. The molecule has 2 aliphatic rings. The highest BCUT2D eigenvalue weighted by molar-refractivity contribution is 7.80. The van der Waals surface area contributed by atoms with Crippen LogP contribution in [-0.4, -0.2) is 32.9 Å². The van der Waals surface area contributed by atoms with E-state index in [0.29, 0.717) is 6.04 Å². The van der Waals surface area contributed by atoms with Gasteiger partial charge in [-0.2, -0.15) is 5.10 Å². The van der Waals surface area contributed by atoms with E-state index in [4.69, 9.17) is 17.3 Å². The highest BCUT2D eigenvalue weighted by Gasteiger charge is 2.39. The van der Waals surface area contributed by atoms with Gasteiger partial charge in [0.1, 0.15) is 0 Å². The van der Waals surface area contributed by atoms with Gasteiger partial charge in [-0.3, -0.25) is 0 Å². The maximum atomic E-state index is 5.72. The average molecular weight is 383 g/mol. The molecule has 3 atom stereocenters. The van der Waals surface area contributed by atoms with E-state index in [-0.39, 0.29) is 0 Å². The van der Waals surface area contributed by atoms with E-state index in [1.165, 1.54) is 42.5 Å². The van der Waals surface area contributed by atoms with Gasteiger partial charge in [0, 0.05) is 30.9 Å². The van der Waals surface area contributed by atoms with E-state index >= 15 is 0 Å². The second kappa shape index (κ2) is 7.27. The number of nitrogens with one attached hydrogen (secondary N) is 1. The number of para-hydroxylation sites is 1. The monoisotopic (exact) mass is 382 g/mol. The van der Waals surface area contributed by atoms with Gasteiger partial charge in [-0.25, -0.2) is 4.68 Å². The van der Waals surface area contributed by atoms with Crippen LogP contribution in [-0.2, 0) is 6.54 Å². The topological polar surface area (TPSA) is 33.1 Å². The highest BCUT2D eigenvalue weighted by atomic mass is 32.1. The molecule has 27 heavy (non-hydrogen) atoms. The number of benzene rings is 1. The Morgan fingerprint density at radius 3 is 2.67 bits per heavy atom. The Morgan fingerprint density at radius 2 is 2.00 bits per heavy atom. The molecule has 1 aromatic carbocycles. The molecule has 0 amide bonds. The summed E-state index contributed by atoms with van der Waals surface area (Å²) in [4.78, 5) is 2.17. The van der Waals surface area contributed by atoms with E-state index in [0.717, 1.165) is 34.9 Å². The molecular formula is C22H30N4S. The van der Waals surface area contributed by atoms with Gasteiger partial charge < -0.3 is 10.2 Å². The second-order valence-corrected chi connectivity index (χ2v) is 8.82. The van der Waals surface area contributed by atoms with Crippen molar-refractivity contribution in [3.8, 4) is 5.69 Å². The van der Waals surface area contributed by atoms with Crippen LogP contribution in [0.1, 0.15) is 48.2 Å². The van der Waals surface area contributed by atoms with Crippen molar-refractivity contribution in [1.29, 1.82) is 0 Å². The van der Waals surface area contributed by atoms with Gasteiger partial charge in [-0.05, 0) is 75.7 Å². The number of aryl methyl sites for hydroxylation is 2. The number of rotatable bonds is 4. The summed E-state index contributed by atoms with van der Waals surface area (Å²) in [6.45, 7) is 7.17. The predicted molar refractivity (Wildman–Crippen MR) is 114 cm³/mol. The molecule has 2 aromatic rings. The lowest BCUT2D eigenvalue weighted by Gasteiger charge is -2.28. The standard InChI is InChI=1S/C22H30N4S/c1-14-7-5-6-8-21(14)26-16(3)19(15(2)24-26)13-25(4)22(27)23-20-12-17-9-10-18(20)11-17/h5-8,17-18,20H,9-13H2,1-4H3,(H,23,27)/t17-,18-,20-/m0/s1. The summed E-state index contributed by atoms with van der Waals surface area (Å²) in [5.74, 6) is 1.76. The lowest BCUT2D eigenvalue weighted by molar-refractivity contribution is 0.373. The molecule has 2 aliphatic carbocycles. The van der Waals surface area contributed by atoms with Crippen LogP contribution in [0.25, 0.3) is 5.69 Å². The van der Waals surface area contributed by atoms with Crippen LogP contribution in [0.2, 0.25) is 0 Å². The number of aromatic nitrogens is 2. The fourth-order valence-electron chi connectivity index (χ4n) is 4.94. The number of thiocarbonyl (C=S) groups is 1. The smallest absolute Gasteiger partial charge is 0.169 e. The van der Waals surface area contributed by atoms with Crippen LogP contribution in [0.5, 0.6) is 0 Å². The minimum absolute atomic E-state index is 0.579. The molecule has 0 spiro atoms. The lowest BCUT2D eigenvalue weighted by atomic mass is 9.95. The minimum Gasteiger partial charge on any atom is -0.360 e. The summed E-state index contributed by atoms with van der Waals surface area (Å²) in [5, 5.41) is 9.33. The molecule has 0 aliphatic heterocycles. The summed E-state index contributed by atoms with van der Waals surface area (Å²) in [6.07, 6.45) is 5.48. The number of hydrogen-bond donors (Lipinski definition) is 1. The number of fused-ring (bicyclic) bond motifs is 2. The SMILES string of the molecule is Cc1ccccc1-n1nc(C)c(CN(C)C(=S)N[C@H]2C[C@H]3CC[C@H]2C3)c1C. The quantitative estimate of drug-likeness (QED) is 0.800. The third kappa shape index (κ3) is 3.49. The molecule has 2 fully saturated rings. The molecular weight excluding hydrogens is 352 g/mol. The molecule has 1 N–H and O–H groups in total. The Balaban J connectivity index is 1.47. The largest absolute Gasteiger partial charge is 0.360 e. The second-order valence-electron chi connectivity index (χ2n) is 8.43. The van der Waals surface area contributed by atoms with Crippen LogP contribution in [0.15, 0.2) is 24.3 Å². The van der Waals surface area contributed by atoms with Crippen molar-refractivity contribution in [3.63, 3.8) is 0 Å². The van der Waals surface area contributed by atoms with Gasteiger partial charge in [-0.15, -0.1) is 0 Å². The van der Waals surface area contributed by atoms with Crippen molar-refractivity contribution in [2.75, 3.05) is 7.05 Å². The van der Waals surface area contributed by atoms with Crippen LogP contribution in [0.4, 0.5) is 0 Å². The number of nitrogens with zero attached hydrogens (tertiary/aromatic N) is 3. The Labute approximate surface area is 167 Å². The zero-order chi connectivity index (χ0) is 19.1. The van der Waals surface area contributed by atoms with Gasteiger partial charge in [0.2, 0.25) is 0 Å². The predicted octanol–water partition coefficient (Wildman–Crippen LogP) is 4.29. The summed E-state index contributed by atoms with van der Waals surface area (Å²) < 4.78 is 2.07. The zero-order valence-electron chi connectivity index (χ0n) is 16.8. The van der Waals surface area contributed by atoms with Crippen LogP contribution in [0.3, 0.4) is 0 Å². The number of hydrogen-bond acceptors (Lipinski definition) is 2. The molecule has 4 nitrogen and oxygen atoms in total. The van der Waals surface area contributed by atoms with Crippen molar-refractivity contribution in [2.24, 2.45) is 11.8 Å². The van der Waals surface area contributed by atoms with Gasteiger partial charge in [0.05, 0.1) is 11.4 Å². The van der Waals surface area contributed by atoms with E-state index in [1.54, 1.807) is 0 Å². The first-order valence-corrected chi connectivity index (χ1v) is 10.5. The van der Waals surface area contributed by atoms with Gasteiger partial charge in [0.15, 0.2) is 5.11 Å². The first-order chi connectivity index (χ1) is 12.9. The summed E-state index contributed by atoms with van der Waals surface area (Å²) in [5.41, 5.74) is 5.91. The zero-order valence-corrected chi connectivity index (χ0v) is 17.6. The Hall–Kier alpha value is -1.88. The Bertz CT molecular complexity index is 856. The van der Waals surface area contributed by atoms with E-state index in [9.17, 15) is 0 Å². The van der Waals surface area contributed by atoms with E-state index in [2.05, 4.69) is 67.0 Å². The summed E-state index contributed by atoms with van der Waals surface area (Å²) in [6, 6.07) is 8.98. The summed E-state index contributed by atoms with van der Waals surface area (Å²) in [7, 11) is 2.09. The average Bonchev–Trinajstić information content (AvgIpc) is 3.33. The van der Waals surface area contributed by atoms with E-state index in [1.807, 2.05) is 0 Å². The van der Waals surface area contributed by atoms with Crippen molar-refractivity contribution < 1.29 is 0 Å². The van der Waals surface area contributed by atoms with Crippen molar-refractivity contribution in [3.05, 3.63) is 46.8 Å². The van der Waals surface area contributed by atoms with Gasteiger partial charge in [-0.1, -0.05) is 24.6 Å². The molecule has 2 saturated carbocycles. The maximum absolute atomic E-state index is 5.72. The lowest BCUT2D eigenvalue weighted by Crippen LogP contribution is -2.44. The fraction of sp³-hybridized carbons (Fsp3) is 0.545. The highest BCUT2D eigenvalue weighted by Crippen LogP contribution is 2.44. The molecule has 144 valence electrons. The third-order valence-electron chi connectivity index (χ3n) is 6.57. The van der Waals surface area contributed by atoms with Crippen molar-refractivity contribution in [2.45, 2.75) is 59.0 Å². The molecule has 0 unspecified atom stereocenters. The minimum atomic E-state index is 0.579. The van der Waals surface area contributed by atoms with Gasteiger partial charge >= 0.3 is 0 Å². The van der Waals surface area contributed by atoms with Crippen LogP contribution < -0.4 is 5.32 Å². The first-order valence-electron chi connectivity index (χ1n) is 10.1. The molecule has 4 rings (SSSR count). The fourth-order valence-corrected chi connectivity index (χ4v) is 5.15. The Kier molecular flexibility index (Phi) is 4.97. The Morgan fingerprint density at radius 1 is 1.22 bits per heavy atom. The van der Waals surface area contributed by atoms with E-state index < -0.39 is 0 Å². The molecule has 0 radical (unpaired) electrons. The normalized spacial score (nSPS) is 23.6.